The van der Waals surface area contributed by atoms with Gasteiger partial charge in [0.2, 0.25) is 0 Å². The van der Waals surface area contributed by atoms with Crippen molar-refractivity contribution < 1.29 is 9.53 Å². The minimum Gasteiger partial charge on any atom is -0.381 e. The largest absolute Gasteiger partial charge is 0.381 e. The van der Waals surface area contributed by atoms with Gasteiger partial charge in [-0.2, -0.15) is 4.68 Å². The lowest BCUT2D eigenvalue weighted by molar-refractivity contribution is 0.0642. The van der Waals surface area contributed by atoms with Gasteiger partial charge >= 0.3 is 0 Å². The van der Waals surface area contributed by atoms with Gasteiger partial charge in [-0.15, -0.1) is 0 Å². The van der Waals surface area contributed by atoms with Gasteiger partial charge in [-0.3, -0.25) is 14.7 Å². The first-order chi connectivity index (χ1) is 13.0. The summed E-state index contributed by atoms with van der Waals surface area (Å²) in [6, 6.07) is 3.17. The molecule has 0 bridgehead atoms. The number of hydrogen-bond acceptors (Lipinski definition) is 5. The molecule has 27 heavy (non-hydrogen) atoms. The van der Waals surface area contributed by atoms with E-state index in [9.17, 15) is 9.59 Å². The third-order valence-electron chi connectivity index (χ3n) is 5.58. The highest BCUT2D eigenvalue weighted by Gasteiger charge is 2.31. The summed E-state index contributed by atoms with van der Waals surface area (Å²) < 4.78 is 6.73. The maximum Gasteiger partial charge on any atom is 0.274 e. The number of H-pyrrole nitrogens is 1. The van der Waals surface area contributed by atoms with Crippen molar-refractivity contribution in [1.82, 2.24) is 24.6 Å². The van der Waals surface area contributed by atoms with E-state index in [1.807, 2.05) is 24.8 Å². The third-order valence-corrected chi connectivity index (χ3v) is 5.58. The van der Waals surface area contributed by atoms with Crippen LogP contribution in [0.2, 0.25) is 0 Å². The van der Waals surface area contributed by atoms with Gasteiger partial charge in [0.1, 0.15) is 5.69 Å². The number of carbonyl (C=O) groups is 1. The molecule has 2 saturated heterocycles. The van der Waals surface area contributed by atoms with Crippen LogP contribution in [0.1, 0.15) is 41.1 Å². The molecule has 0 radical (unpaired) electrons. The first-order valence-electron chi connectivity index (χ1n) is 9.53. The molecule has 2 aromatic rings. The molecular formula is C19H25N5O3. The highest BCUT2D eigenvalue weighted by Crippen LogP contribution is 2.30. The van der Waals surface area contributed by atoms with E-state index in [4.69, 9.17) is 4.74 Å². The number of carbonyl (C=O) groups excluding carboxylic acids is 1. The van der Waals surface area contributed by atoms with Crippen LogP contribution >= 0.6 is 0 Å². The van der Waals surface area contributed by atoms with Crippen LogP contribution < -0.4 is 5.56 Å². The molecule has 2 aliphatic rings. The van der Waals surface area contributed by atoms with E-state index in [1.165, 1.54) is 10.7 Å². The normalized spacial score (nSPS) is 21.0. The van der Waals surface area contributed by atoms with Crippen molar-refractivity contribution in [3.05, 3.63) is 39.6 Å². The molecule has 1 amide bonds. The maximum absolute atomic E-state index is 12.8. The molecule has 0 spiro atoms. The van der Waals surface area contributed by atoms with Gasteiger partial charge < -0.3 is 9.64 Å². The van der Waals surface area contributed by atoms with Crippen LogP contribution in [0.4, 0.5) is 0 Å². The number of nitrogens with one attached hydrogen (secondary N) is 1. The zero-order chi connectivity index (χ0) is 19.0. The van der Waals surface area contributed by atoms with Gasteiger partial charge in [0, 0.05) is 43.8 Å². The average Bonchev–Trinajstić information content (AvgIpc) is 3.30. The van der Waals surface area contributed by atoms with Crippen molar-refractivity contribution in [3.63, 3.8) is 0 Å². The van der Waals surface area contributed by atoms with Crippen LogP contribution in [0.25, 0.3) is 5.95 Å². The van der Waals surface area contributed by atoms with E-state index in [0.717, 1.165) is 43.9 Å². The number of amides is 1. The van der Waals surface area contributed by atoms with Crippen LogP contribution in [-0.4, -0.2) is 56.9 Å². The summed E-state index contributed by atoms with van der Waals surface area (Å²) in [4.78, 5) is 35.6. The molecule has 0 aliphatic carbocycles. The lowest BCUT2D eigenvalue weighted by atomic mass is 9.84. The van der Waals surface area contributed by atoms with Gasteiger partial charge in [-0.1, -0.05) is 0 Å². The Labute approximate surface area is 157 Å². The van der Waals surface area contributed by atoms with Gasteiger partial charge in [0.05, 0.1) is 0 Å². The van der Waals surface area contributed by atoms with Crippen LogP contribution in [0, 0.1) is 25.7 Å². The predicted molar refractivity (Wildman–Crippen MR) is 99.0 cm³/mol. The Morgan fingerprint density at radius 2 is 1.81 bits per heavy atom. The SMILES string of the molecule is Cc1cc(C)nc(-n2[nH]c(C(=O)N3CCC(C4CCOC4)CC3)cc2=O)n1. The topological polar surface area (TPSA) is 93.1 Å². The molecule has 4 heterocycles. The Morgan fingerprint density at radius 3 is 2.44 bits per heavy atom. The summed E-state index contributed by atoms with van der Waals surface area (Å²) in [5, 5.41) is 2.88. The molecule has 144 valence electrons. The van der Waals surface area contributed by atoms with Gasteiger partial charge in [-0.05, 0) is 51.0 Å². The lowest BCUT2D eigenvalue weighted by Crippen LogP contribution is -2.40. The second-order valence-corrected chi connectivity index (χ2v) is 7.55. The van der Waals surface area contributed by atoms with Crippen molar-refractivity contribution in [2.45, 2.75) is 33.1 Å². The van der Waals surface area contributed by atoms with Crippen LogP contribution in [0.5, 0.6) is 0 Å². The van der Waals surface area contributed by atoms with Crippen molar-refractivity contribution in [2.75, 3.05) is 26.3 Å². The van der Waals surface area contributed by atoms with Crippen LogP contribution in [0.15, 0.2) is 16.9 Å². The predicted octanol–water partition coefficient (Wildman–Crippen LogP) is 1.46. The molecule has 8 nitrogen and oxygen atoms in total. The smallest absolute Gasteiger partial charge is 0.274 e. The van der Waals surface area contributed by atoms with Crippen LogP contribution in [-0.2, 0) is 4.74 Å². The number of likely N-dealkylation sites (tertiary alicyclic amines) is 1. The summed E-state index contributed by atoms with van der Waals surface area (Å²) in [6.45, 7) is 6.83. The summed E-state index contributed by atoms with van der Waals surface area (Å²) in [5.74, 6) is 1.38. The highest BCUT2D eigenvalue weighted by atomic mass is 16.5. The van der Waals surface area contributed by atoms with Crippen molar-refractivity contribution in [2.24, 2.45) is 11.8 Å². The van der Waals surface area contributed by atoms with Gasteiger partial charge in [0.15, 0.2) is 0 Å². The molecular weight excluding hydrogens is 346 g/mol. The summed E-state index contributed by atoms with van der Waals surface area (Å²) in [7, 11) is 0. The fraction of sp³-hybridized carbons (Fsp3) is 0.579. The van der Waals surface area contributed by atoms with Crippen molar-refractivity contribution in [1.29, 1.82) is 0 Å². The van der Waals surface area contributed by atoms with Crippen molar-refractivity contribution in [3.8, 4) is 5.95 Å². The number of ether oxygens (including phenoxy) is 1. The highest BCUT2D eigenvalue weighted by molar-refractivity contribution is 5.92. The summed E-state index contributed by atoms with van der Waals surface area (Å²) >= 11 is 0. The Morgan fingerprint density at radius 1 is 1.11 bits per heavy atom. The number of piperidine rings is 1. The first kappa shape index (κ1) is 17.9. The number of hydrogen-bond donors (Lipinski definition) is 1. The van der Waals surface area contributed by atoms with E-state index in [2.05, 4.69) is 15.1 Å². The molecule has 1 unspecified atom stereocenters. The first-order valence-corrected chi connectivity index (χ1v) is 9.53. The molecule has 1 atom stereocenters. The molecule has 4 rings (SSSR count). The quantitative estimate of drug-likeness (QED) is 0.882. The van der Waals surface area contributed by atoms with Gasteiger partial charge in [0.25, 0.3) is 17.4 Å². The number of aryl methyl sites for hydroxylation is 2. The van der Waals surface area contributed by atoms with E-state index in [1.54, 1.807) is 0 Å². The van der Waals surface area contributed by atoms with E-state index in [-0.39, 0.29) is 23.1 Å². The fourth-order valence-corrected chi connectivity index (χ4v) is 4.13. The second kappa shape index (κ2) is 7.26. The molecule has 2 aromatic heterocycles. The minimum absolute atomic E-state index is 0.142. The van der Waals surface area contributed by atoms with Crippen LogP contribution in [0.3, 0.4) is 0 Å². The Bertz CT molecular complexity index is 869. The number of rotatable bonds is 3. The molecule has 2 fully saturated rings. The Kier molecular flexibility index (Phi) is 4.82. The van der Waals surface area contributed by atoms with E-state index < -0.39 is 0 Å². The lowest BCUT2D eigenvalue weighted by Gasteiger charge is -2.34. The zero-order valence-electron chi connectivity index (χ0n) is 15.8. The van der Waals surface area contributed by atoms with Gasteiger partial charge in [-0.25, -0.2) is 9.97 Å². The standard InChI is InChI=1S/C19H25N5O3/c1-12-9-13(2)21-19(20-12)24-17(25)10-16(22-24)18(26)23-6-3-14(4-7-23)15-5-8-27-11-15/h9-10,14-15,22H,3-8,11H2,1-2H3. The number of aromatic amines is 1. The summed E-state index contributed by atoms with van der Waals surface area (Å²) in [5.41, 5.74) is 1.49. The van der Waals surface area contributed by atoms with E-state index in [0.29, 0.717) is 24.9 Å². The Balaban J connectivity index is 1.48. The van der Waals surface area contributed by atoms with Crippen molar-refractivity contribution >= 4 is 5.91 Å². The minimum atomic E-state index is -0.332. The van der Waals surface area contributed by atoms with E-state index >= 15 is 0 Å². The number of nitrogens with zero attached hydrogens (tertiary/aromatic N) is 4. The average molecular weight is 371 g/mol. The zero-order valence-corrected chi connectivity index (χ0v) is 15.8. The molecule has 0 aromatic carbocycles. The summed E-state index contributed by atoms with van der Waals surface area (Å²) in [6.07, 6.45) is 3.11. The molecule has 2 aliphatic heterocycles. The number of aromatic nitrogens is 4. The maximum atomic E-state index is 12.8. The molecule has 1 N–H and O–H groups in total. The monoisotopic (exact) mass is 371 g/mol. The Hall–Kier alpha value is -2.48. The molecule has 0 saturated carbocycles. The third kappa shape index (κ3) is 3.66. The fourth-order valence-electron chi connectivity index (χ4n) is 4.13. The second-order valence-electron chi connectivity index (χ2n) is 7.55. The molecule has 8 heteroatoms.